The first-order valence-electron chi connectivity index (χ1n) is 7.50. The van der Waals surface area contributed by atoms with Crippen LogP contribution in [0.4, 0.5) is 21.8 Å². The molecule has 0 aliphatic rings. The molecule has 2 aromatic heterocycles. The Kier molecular flexibility index (Phi) is 4.07. The summed E-state index contributed by atoms with van der Waals surface area (Å²) in [5.41, 5.74) is 3.58. The highest BCUT2D eigenvalue weighted by Gasteiger charge is 2.14. The van der Waals surface area contributed by atoms with E-state index in [1.807, 2.05) is 13.0 Å². The average Bonchev–Trinajstić information content (AvgIpc) is 3.02. The largest absolute Gasteiger partial charge is 0.388 e. The second kappa shape index (κ2) is 6.19. The van der Waals surface area contributed by atoms with Crippen LogP contribution in [0.2, 0.25) is 0 Å². The minimum atomic E-state index is -0.323. The molecule has 0 radical (unpaired) electrons. The maximum Gasteiger partial charge on any atom is 0.226 e. The van der Waals surface area contributed by atoms with Gasteiger partial charge >= 0.3 is 0 Å². The quantitative estimate of drug-likeness (QED) is 0.578. The molecule has 124 valence electrons. The van der Waals surface area contributed by atoms with E-state index in [9.17, 15) is 4.39 Å². The fraction of sp³-hybridized carbons (Fsp3) is 0.176. The van der Waals surface area contributed by atoms with Crippen LogP contribution in [0.5, 0.6) is 0 Å². The lowest BCUT2D eigenvalue weighted by Gasteiger charge is -2.17. The molecule has 0 saturated heterocycles. The zero-order chi connectivity index (χ0) is 17.3. The molecule has 3 aromatic rings. The summed E-state index contributed by atoms with van der Waals surface area (Å²) in [6.07, 6.45) is 1.79. The average molecular weight is 326 g/mol. The zero-order valence-corrected chi connectivity index (χ0v) is 13.8. The molecule has 7 heteroatoms. The standard InChI is InChI=1S/C17H19FN6/c1-9-7-11(18)8-13(14(9)10(2)19-3)22-16-12-5-6-21-15(12)23-17(20-4)24-16/h5-8,19H,2H2,1,3-4H3,(H3,20,21,22,23,24). The topological polar surface area (TPSA) is 77.7 Å². The van der Waals surface area contributed by atoms with Gasteiger partial charge < -0.3 is 20.9 Å². The first-order valence-corrected chi connectivity index (χ1v) is 7.50. The molecule has 0 aliphatic heterocycles. The van der Waals surface area contributed by atoms with Crippen molar-refractivity contribution in [1.29, 1.82) is 0 Å². The molecule has 4 N–H and O–H groups in total. The van der Waals surface area contributed by atoms with Crippen molar-refractivity contribution < 1.29 is 4.39 Å². The zero-order valence-electron chi connectivity index (χ0n) is 13.8. The van der Waals surface area contributed by atoms with Gasteiger partial charge in [-0.1, -0.05) is 6.58 Å². The third-order valence-corrected chi connectivity index (χ3v) is 3.80. The first-order chi connectivity index (χ1) is 11.5. The molecule has 0 saturated carbocycles. The van der Waals surface area contributed by atoms with Gasteiger partial charge in [-0.25, -0.2) is 4.39 Å². The van der Waals surface area contributed by atoms with Crippen molar-refractivity contribution in [2.24, 2.45) is 0 Å². The van der Waals surface area contributed by atoms with E-state index in [1.165, 1.54) is 12.1 Å². The molecule has 6 nitrogen and oxygen atoms in total. The number of fused-ring (bicyclic) bond motifs is 1. The van der Waals surface area contributed by atoms with Crippen LogP contribution in [0, 0.1) is 12.7 Å². The van der Waals surface area contributed by atoms with Crippen molar-refractivity contribution >= 4 is 34.2 Å². The Balaban J connectivity index is 2.15. The van der Waals surface area contributed by atoms with E-state index in [1.54, 1.807) is 20.3 Å². The fourth-order valence-electron chi connectivity index (χ4n) is 2.64. The number of aromatic nitrogens is 3. The van der Waals surface area contributed by atoms with Crippen LogP contribution >= 0.6 is 0 Å². The summed E-state index contributed by atoms with van der Waals surface area (Å²) < 4.78 is 13.9. The number of anilines is 3. The van der Waals surface area contributed by atoms with E-state index in [0.717, 1.165) is 16.5 Å². The van der Waals surface area contributed by atoms with E-state index in [4.69, 9.17) is 0 Å². The molecular formula is C17H19FN6. The summed E-state index contributed by atoms with van der Waals surface area (Å²) in [7, 11) is 3.53. The molecule has 0 aliphatic carbocycles. The Labute approximate surface area is 139 Å². The third kappa shape index (κ3) is 2.76. The molecule has 0 bridgehead atoms. The molecule has 1 aromatic carbocycles. The van der Waals surface area contributed by atoms with Gasteiger partial charge in [-0.3, -0.25) is 0 Å². The maximum atomic E-state index is 13.9. The van der Waals surface area contributed by atoms with E-state index < -0.39 is 0 Å². The summed E-state index contributed by atoms with van der Waals surface area (Å²) in [6.45, 7) is 5.84. The van der Waals surface area contributed by atoms with Gasteiger partial charge in [0.1, 0.15) is 17.3 Å². The number of H-pyrrole nitrogens is 1. The van der Waals surface area contributed by atoms with Gasteiger partial charge in [0.25, 0.3) is 0 Å². The second-order valence-corrected chi connectivity index (χ2v) is 5.38. The van der Waals surface area contributed by atoms with E-state index in [2.05, 4.69) is 37.5 Å². The van der Waals surface area contributed by atoms with Gasteiger partial charge in [0.2, 0.25) is 5.95 Å². The monoisotopic (exact) mass is 326 g/mol. The van der Waals surface area contributed by atoms with Crippen molar-refractivity contribution in [3.8, 4) is 0 Å². The van der Waals surface area contributed by atoms with Crippen molar-refractivity contribution in [2.75, 3.05) is 24.7 Å². The highest BCUT2D eigenvalue weighted by Crippen LogP contribution is 2.31. The maximum absolute atomic E-state index is 13.9. The van der Waals surface area contributed by atoms with Gasteiger partial charge in [-0.15, -0.1) is 0 Å². The molecule has 0 atom stereocenters. The first kappa shape index (κ1) is 15.8. The summed E-state index contributed by atoms with van der Waals surface area (Å²) in [5, 5.41) is 9.97. The van der Waals surface area contributed by atoms with Crippen LogP contribution in [-0.4, -0.2) is 29.0 Å². The van der Waals surface area contributed by atoms with Crippen molar-refractivity contribution in [2.45, 2.75) is 6.92 Å². The smallest absolute Gasteiger partial charge is 0.226 e. The number of benzene rings is 1. The normalized spacial score (nSPS) is 10.7. The number of rotatable bonds is 5. The Morgan fingerprint density at radius 3 is 2.75 bits per heavy atom. The third-order valence-electron chi connectivity index (χ3n) is 3.80. The number of hydrogen-bond acceptors (Lipinski definition) is 5. The minimum absolute atomic E-state index is 0.323. The van der Waals surface area contributed by atoms with E-state index in [0.29, 0.717) is 28.8 Å². The Morgan fingerprint density at radius 1 is 1.25 bits per heavy atom. The predicted octanol–water partition coefficient (Wildman–Crippen LogP) is 3.38. The molecule has 0 spiro atoms. The lowest BCUT2D eigenvalue weighted by molar-refractivity contribution is 0.627. The Morgan fingerprint density at radius 2 is 2.04 bits per heavy atom. The number of aromatic amines is 1. The van der Waals surface area contributed by atoms with Gasteiger partial charge in [0.15, 0.2) is 0 Å². The van der Waals surface area contributed by atoms with Crippen LogP contribution in [0.15, 0.2) is 31.0 Å². The lowest BCUT2D eigenvalue weighted by atomic mass is 10.0. The van der Waals surface area contributed by atoms with Gasteiger partial charge in [0, 0.05) is 31.6 Å². The molecular weight excluding hydrogens is 307 g/mol. The Hall–Kier alpha value is -3.09. The number of hydrogen-bond donors (Lipinski definition) is 4. The van der Waals surface area contributed by atoms with Crippen LogP contribution in [0.25, 0.3) is 16.7 Å². The van der Waals surface area contributed by atoms with Crippen LogP contribution in [-0.2, 0) is 0 Å². The Bertz CT molecular complexity index is 915. The number of nitrogens with one attached hydrogen (secondary N) is 4. The summed E-state index contributed by atoms with van der Waals surface area (Å²) >= 11 is 0. The fourth-order valence-corrected chi connectivity index (χ4v) is 2.64. The van der Waals surface area contributed by atoms with Gasteiger partial charge in [-0.05, 0) is 30.7 Å². The van der Waals surface area contributed by atoms with Gasteiger partial charge in [0.05, 0.1) is 11.1 Å². The van der Waals surface area contributed by atoms with E-state index >= 15 is 0 Å². The summed E-state index contributed by atoms with van der Waals surface area (Å²) in [4.78, 5) is 11.8. The van der Waals surface area contributed by atoms with Crippen LogP contribution < -0.4 is 16.0 Å². The molecule has 0 unspecified atom stereocenters. The highest BCUT2D eigenvalue weighted by atomic mass is 19.1. The number of aryl methyl sites for hydroxylation is 1. The predicted molar refractivity (Wildman–Crippen MR) is 95.9 cm³/mol. The van der Waals surface area contributed by atoms with E-state index in [-0.39, 0.29) is 5.82 Å². The number of nitrogens with zero attached hydrogens (tertiary/aromatic N) is 2. The molecule has 24 heavy (non-hydrogen) atoms. The van der Waals surface area contributed by atoms with Gasteiger partial charge in [-0.2, -0.15) is 9.97 Å². The molecule has 0 fully saturated rings. The van der Waals surface area contributed by atoms with Crippen molar-refractivity contribution in [3.63, 3.8) is 0 Å². The van der Waals surface area contributed by atoms with Crippen molar-refractivity contribution in [3.05, 3.63) is 47.9 Å². The summed E-state index contributed by atoms with van der Waals surface area (Å²) in [6, 6.07) is 4.79. The highest BCUT2D eigenvalue weighted by molar-refractivity contribution is 5.91. The van der Waals surface area contributed by atoms with Crippen LogP contribution in [0.3, 0.4) is 0 Å². The summed E-state index contributed by atoms with van der Waals surface area (Å²) in [5.74, 6) is 0.728. The molecule has 3 rings (SSSR count). The lowest BCUT2D eigenvalue weighted by Crippen LogP contribution is -2.09. The SMILES string of the molecule is C=C(NC)c1c(C)cc(F)cc1Nc1nc(NC)nc2[nH]ccc12. The molecule has 0 amide bonds. The van der Waals surface area contributed by atoms with Crippen molar-refractivity contribution in [1.82, 2.24) is 20.3 Å². The molecule has 2 heterocycles. The second-order valence-electron chi connectivity index (χ2n) is 5.38. The van der Waals surface area contributed by atoms with Crippen LogP contribution in [0.1, 0.15) is 11.1 Å². The minimum Gasteiger partial charge on any atom is -0.388 e. The number of halogens is 1.